The summed E-state index contributed by atoms with van der Waals surface area (Å²) in [5, 5.41) is 0. The zero-order valence-electron chi connectivity index (χ0n) is 17.4. The van der Waals surface area contributed by atoms with Crippen LogP contribution in [0.3, 0.4) is 0 Å². The maximum atomic E-state index is 13.4. The highest BCUT2D eigenvalue weighted by Crippen LogP contribution is 2.38. The number of amides is 2. The fourth-order valence-corrected chi connectivity index (χ4v) is 4.57. The second-order valence-corrected chi connectivity index (χ2v) is 8.59. The summed E-state index contributed by atoms with van der Waals surface area (Å²) >= 11 is 1.39. The van der Waals surface area contributed by atoms with Gasteiger partial charge in [0.2, 0.25) is 0 Å². The Morgan fingerprint density at radius 3 is 2.19 bits per heavy atom. The van der Waals surface area contributed by atoms with Crippen molar-refractivity contribution in [1.29, 1.82) is 0 Å². The second kappa shape index (κ2) is 8.90. The van der Waals surface area contributed by atoms with Gasteiger partial charge >= 0.3 is 0 Å². The molecular formula is C26H22FNO2S. The van der Waals surface area contributed by atoms with Gasteiger partial charge < -0.3 is 0 Å². The van der Waals surface area contributed by atoms with Crippen LogP contribution in [0.25, 0.3) is 5.57 Å². The summed E-state index contributed by atoms with van der Waals surface area (Å²) in [6, 6.07) is 21.6. The molecule has 0 fully saturated rings. The van der Waals surface area contributed by atoms with Gasteiger partial charge in [0.1, 0.15) is 5.82 Å². The van der Waals surface area contributed by atoms with Crippen molar-refractivity contribution in [1.82, 2.24) is 4.90 Å². The highest BCUT2D eigenvalue weighted by molar-refractivity contribution is 8.03. The van der Waals surface area contributed by atoms with Gasteiger partial charge in [0.15, 0.2) is 0 Å². The number of imide groups is 1. The number of carbonyl (C=O) groups excluding carboxylic acids is 2. The normalized spacial score (nSPS) is 14.0. The SMILES string of the molecule is Cc1ccc(C2=C(SCc3ccccc3)C(=O)N(Cc3ccc(F)cc3)C2=O)cc1C. The van der Waals surface area contributed by atoms with Crippen LogP contribution >= 0.6 is 11.8 Å². The van der Waals surface area contributed by atoms with Gasteiger partial charge in [-0.2, -0.15) is 0 Å². The van der Waals surface area contributed by atoms with Crippen molar-refractivity contribution in [2.75, 3.05) is 0 Å². The molecule has 0 spiro atoms. The zero-order chi connectivity index (χ0) is 22.0. The molecule has 0 N–H and O–H groups in total. The van der Waals surface area contributed by atoms with E-state index in [4.69, 9.17) is 0 Å². The molecule has 1 aliphatic heterocycles. The number of nitrogens with zero attached hydrogens (tertiary/aromatic N) is 1. The van der Waals surface area contributed by atoms with Gasteiger partial charge in [-0.15, -0.1) is 11.8 Å². The van der Waals surface area contributed by atoms with Crippen LogP contribution < -0.4 is 0 Å². The first-order valence-electron chi connectivity index (χ1n) is 10.0. The van der Waals surface area contributed by atoms with Crippen molar-refractivity contribution in [3.8, 4) is 0 Å². The summed E-state index contributed by atoms with van der Waals surface area (Å²) in [6.07, 6.45) is 0. The highest BCUT2D eigenvalue weighted by Gasteiger charge is 2.39. The molecule has 0 unspecified atom stereocenters. The molecule has 0 saturated heterocycles. The van der Waals surface area contributed by atoms with Crippen LogP contribution in [0.2, 0.25) is 0 Å². The van der Waals surface area contributed by atoms with Crippen LogP contribution in [0.15, 0.2) is 77.7 Å². The first-order chi connectivity index (χ1) is 14.9. The maximum Gasteiger partial charge on any atom is 0.268 e. The number of carbonyl (C=O) groups is 2. The monoisotopic (exact) mass is 431 g/mol. The first-order valence-corrected chi connectivity index (χ1v) is 11.0. The number of thioether (sulfide) groups is 1. The maximum absolute atomic E-state index is 13.4. The third-order valence-corrected chi connectivity index (χ3v) is 6.55. The van der Waals surface area contributed by atoms with E-state index in [-0.39, 0.29) is 24.2 Å². The molecular weight excluding hydrogens is 409 g/mol. The third kappa shape index (κ3) is 4.47. The van der Waals surface area contributed by atoms with E-state index < -0.39 is 0 Å². The van der Waals surface area contributed by atoms with Gasteiger partial charge in [0.05, 0.1) is 17.0 Å². The lowest BCUT2D eigenvalue weighted by Crippen LogP contribution is -2.30. The summed E-state index contributed by atoms with van der Waals surface area (Å²) in [5.74, 6) is -0.374. The molecule has 2 amide bonds. The van der Waals surface area contributed by atoms with E-state index in [1.807, 2.05) is 62.4 Å². The minimum atomic E-state index is -0.351. The first kappa shape index (κ1) is 21.1. The molecule has 156 valence electrons. The molecule has 0 radical (unpaired) electrons. The van der Waals surface area contributed by atoms with Crippen molar-refractivity contribution >= 4 is 29.1 Å². The van der Waals surface area contributed by atoms with E-state index in [0.717, 1.165) is 22.3 Å². The van der Waals surface area contributed by atoms with E-state index in [1.54, 1.807) is 12.1 Å². The van der Waals surface area contributed by atoms with Crippen LogP contribution in [0, 0.1) is 19.7 Å². The number of halogens is 1. The zero-order valence-corrected chi connectivity index (χ0v) is 18.2. The minimum Gasteiger partial charge on any atom is -0.269 e. The summed E-state index contributed by atoms with van der Waals surface area (Å²) in [6.45, 7) is 4.12. The fraction of sp³-hybridized carbons (Fsp3) is 0.154. The average molecular weight is 432 g/mol. The van der Waals surface area contributed by atoms with Crippen molar-refractivity contribution in [3.05, 3.63) is 111 Å². The van der Waals surface area contributed by atoms with Gasteiger partial charge in [0.25, 0.3) is 11.8 Å². The minimum absolute atomic E-state index is 0.113. The van der Waals surface area contributed by atoms with Gasteiger partial charge in [-0.25, -0.2) is 4.39 Å². The van der Waals surface area contributed by atoms with Gasteiger partial charge in [-0.05, 0) is 53.8 Å². The molecule has 3 aromatic rings. The Labute approximate surface area is 185 Å². The van der Waals surface area contributed by atoms with E-state index in [1.165, 1.54) is 28.8 Å². The van der Waals surface area contributed by atoms with Crippen LogP contribution in [0.1, 0.15) is 27.8 Å². The molecule has 0 aliphatic carbocycles. The van der Waals surface area contributed by atoms with E-state index in [0.29, 0.717) is 21.8 Å². The number of aryl methyl sites for hydroxylation is 2. The Morgan fingerprint density at radius 1 is 0.806 bits per heavy atom. The summed E-state index contributed by atoms with van der Waals surface area (Å²) in [5.41, 5.74) is 5.17. The highest BCUT2D eigenvalue weighted by atomic mass is 32.2. The van der Waals surface area contributed by atoms with Crippen molar-refractivity contribution < 1.29 is 14.0 Å². The summed E-state index contributed by atoms with van der Waals surface area (Å²) < 4.78 is 13.3. The van der Waals surface area contributed by atoms with Crippen LogP contribution in [-0.4, -0.2) is 16.7 Å². The topological polar surface area (TPSA) is 37.4 Å². The number of hydrogen-bond donors (Lipinski definition) is 0. The van der Waals surface area contributed by atoms with Crippen LogP contribution in [0.4, 0.5) is 4.39 Å². The lowest BCUT2D eigenvalue weighted by molar-refractivity contribution is -0.137. The molecule has 31 heavy (non-hydrogen) atoms. The largest absolute Gasteiger partial charge is 0.269 e. The Balaban J connectivity index is 1.69. The quantitative estimate of drug-likeness (QED) is 0.473. The van der Waals surface area contributed by atoms with Crippen LogP contribution in [0.5, 0.6) is 0 Å². The van der Waals surface area contributed by atoms with Crippen molar-refractivity contribution in [2.45, 2.75) is 26.1 Å². The molecule has 0 aromatic heterocycles. The van der Waals surface area contributed by atoms with Crippen molar-refractivity contribution in [2.24, 2.45) is 0 Å². The molecule has 3 nitrogen and oxygen atoms in total. The smallest absolute Gasteiger partial charge is 0.268 e. The Bertz CT molecular complexity index is 1170. The molecule has 0 saturated carbocycles. The lowest BCUT2D eigenvalue weighted by Gasteiger charge is -2.15. The number of benzene rings is 3. The Hall–Kier alpha value is -3.18. The summed E-state index contributed by atoms with van der Waals surface area (Å²) in [4.78, 5) is 28.4. The predicted molar refractivity (Wildman–Crippen MR) is 123 cm³/mol. The van der Waals surface area contributed by atoms with E-state index in [2.05, 4.69) is 0 Å². The van der Waals surface area contributed by atoms with Gasteiger partial charge in [-0.3, -0.25) is 14.5 Å². The molecule has 1 heterocycles. The van der Waals surface area contributed by atoms with Gasteiger partial charge in [-0.1, -0.05) is 60.7 Å². The number of rotatable bonds is 6. The molecule has 0 bridgehead atoms. The fourth-order valence-electron chi connectivity index (χ4n) is 3.48. The van der Waals surface area contributed by atoms with E-state index >= 15 is 0 Å². The lowest BCUT2D eigenvalue weighted by atomic mass is 10.0. The molecule has 4 rings (SSSR count). The van der Waals surface area contributed by atoms with E-state index in [9.17, 15) is 14.0 Å². The van der Waals surface area contributed by atoms with Gasteiger partial charge in [0, 0.05) is 5.75 Å². The Morgan fingerprint density at radius 2 is 1.52 bits per heavy atom. The standard InChI is InChI=1S/C26H22FNO2S/c1-17-8-11-21(14-18(17)2)23-24(31-16-20-6-4-3-5-7-20)26(30)28(25(23)29)15-19-9-12-22(27)13-10-19/h3-14H,15-16H2,1-2H3. The average Bonchev–Trinajstić information content (AvgIpc) is 3.00. The molecule has 0 atom stereocenters. The second-order valence-electron chi connectivity index (χ2n) is 7.60. The predicted octanol–water partition coefficient (Wildman–Crippen LogP) is 5.66. The molecule has 5 heteroatoms. The Kier molecular flexibility index (Phi) is 6.05. The molecule has 1 aliphatic rings. The van der Waals surface area contributed by atoms with Crippen LogP contribution in [-0.2, 0) is 21.9 Å². The van der Waals surface area contributed by atoms with Crippen molar-refractivity contribution in [3.63, 3.8) is 0 Å². The third-order valence-electron chi connectivity index (χ3n) is 5.40. The molecule has 3 aromatic carbocycles. The summed E-state index contributed by atoms with van der Waals surface area (Å²) in [7, 11) is 0. The number of hydrogen-bond acceptors (Lipinski definition) is 3.